The fourth-order valence-electron chi connectivity index (χ4n) is 3.63. The molecule has 1 saturated heterocycles. The largest absolute Gasteiger partial charge is 0.394 e. The first kappa shape index (κ1) is 18.4. The summed E-state index contributed by atoms with van der Waals surface area (Å²) in [5.74, 6) is 0.931. The zero-order valence-corrected chi connectivity index (χ0v) is 15.9. The summed E-state index contributed by atoms with van der Waals surface area (Å²) in [5, 5.41) is 0. The molecule has 1 aliphatic heterocycles. The summed E-state index contributed by atoms with van der Waals surface area (Å²) in [6.07, 6.45) is 12.9. The molecular formula is C18H36O3Si. The van der Waals surface area contributed by atoms with E-state index < -0.39 is 8.56 Å². The van der Waals surface area contributed by atoms with E-state index in [-0.39, 0.29) is 0 Å². The summed E-state index contributed by atoms with van der Waals surface area (Å²) in [4.78, 5) is 0. The quantitative estimate of drug-likeness (QED) is 0.286. The molecule has 2 fully saturated rings. The van der Waals surface area contributed by atoms with Crippen LogP contribution in [0.15, 0.2) is 0 Å². The van der Waals surface area contributed by atoms with Crippen LogP contribution < -0.4 is 0 Å². The standard InChI is InChI=1S/C18H36O3Si/c1-4-12-19-22(3,20-13-5-2)14-8-6-7-9-16-10-11-17-18(15-16)21-17/h16-18H,4-15H2,1-3H3. The van der Waals surface area contributed by atoms with Crippen LogP contribution in [0.3, 0.4) is 0 Å². The minimum absolute atomic E-state index is 0.638. The van der Waals surface area contributed by atoms with Gasteiger partial charge in [-0.3, -0.25) is 0 Å². The van der Waals surface area contributed by atoms with Gasteiger partial charge in [0.2, 0.25) is 0 Å². The molecule has 2 rings (SSSR count). The van der Waals surface area contributed by atoms with Gasteiger partial charge in [0.1, 0.15) is 0 Å². The normalized spacial score (nSPS) is 27.7. The highest BCUT2D eigenvalue weighted by molar-refractivity contribution is 6.66. The van der Waals surface area contributed by atoms with Crippen LogP contribution in [0.25, 0.3) is 0 Å². The lowest BCUT2D eigenvalue weighted by Gasteiger charge is -2.27. The van der Waals surface area contributed by atoms with Crippen molar-refractivity contribution < 1.29 is 13.6 Å². The molecule has 22 heavy (non-hydrogen) atoms. The van der Waals surface area contributed by atoms with E-state index in [2.05, 4.69) is 20.4 Å². The van der Waals surface area contributed by atoms with Crippen LogP contribution in [-0.4, -0.2) is 34.0 Å². The topological polar surface area (TPSA) is 31.0 Å². The molecule has 0 spiro atoms. The Morgan fingerprint density at radius 1 is 0.955 bits per heavy atom. The summed E-state index contributed by atoms with van der Waals surface area (Å²) >= 11 is 0. The maximum Gasteiger partial charge on any atom is 0.334 e. The molecule has 2 aliphatic rings. The van der Waals surface area contributed by atoms with E-state index in [1.54, 1.807) is 0 Å². The van der Waals surface area contributed by atoms with Crippen molar-refractivity contribution >= 4 is 8.56 Å². The van der Waals surface area contributed by atoms with Crippen molar-refractivity contribution in [3.8, 4) is 0 Å². The molecule has 0 radical (unpaired) electrons. The molecule has 4 heteroatoms. The van der Waals surface area contributed by atoms with Crippen molar-refractivity contribution in [3.05, 3.63) is 0 Å². The van der Waals surface area contributed by atoms with Crippen LogP contribution >= 0.6 is 0 Å². The van der Waals surface area contributed by atoms with E-state index in [4.69, 9.17) is 13.6 Å². The number of unbranched alkanes of at least 4 members (excludes halogenated alkanes) is 2. The number of fused-ring (bicyclic) bond motifs is 1. The van der Waals surface area contributed by atoms with Crippen molar-refractivity contribution in [2.75, 3.05) is 13.2 Å². The molecular weight excluding hydrogens is 292 g/mol. The van der Waals surface area contributed by atoms with E-state index >= 15 is 0 Å². The molecule has 1 saturated carbocycles. The monoisotopic (exact) mass is 328 g/mol. The van der Waals surface area contributed by atoms with Gasteiger partial charge in [-0.1, -0.05) is 39.5 Å². The fraction of sp³-hybridized carbons (Fsp3) is 1.00. The van der Waals surface area contributed by atoms with E-state index in [9.17, 15) is 0 Å². The lowest BCUT2D eigenvalue weighted by Crippen LogP contribution is -2.39. The number of rotatable bonds is 12. The Morgan fingerprint density at radius 2 is 1.68 bits per heavy atom. The van der Waals surface area contributed by atoms with E-state index in [0.717, 1.165) is 38.0 Å². The van der Waals surface area contributed by atoms with E-state index in [1.165, 1.54) is 44.9 Å². The van der Waals surface area contributed by atoms with Gasteiger partial charge in [-0.15, -0.1) is 0 Å². The van der Waals surface area contributed by atoms with Crippen LogP contribution in [0.2, 0.25) is 12.6 Å². The van der Waals surface area contributed by atoms with Crippen molar-refractivity contribution in [1.29, 1.82) is 0 Å². The molecule has 0 aromatic carbocycles. The molecule has 130 valence electrons. The van der Waals surface area contributed by atoms with E-state index in [1.807, 2.05) is 0 Å². The maximum atomic E-state index is 6.10. The fourth-order valence-corrected chi connectivity index (χ4v) is 6.16. The molecule has 0 bridgehead atoms. The first-order valence-corrected chi connectivity index (χ1v) is 12.1. The minimum Gasteiger partial charge on any atom is -0.394 e. The van der Waals surface area contributed by atoms with Gasteiger partial charge in [-0.2, -0.15) is 0 Å². The van der Waals surface area contributed by atoms with Gasteiger partial charge in [0.05, 0.1) is 12.2 Å². The Morgan fingerprint density at radius 3 is 2.32 bits per heavy atom. The Labute approximate surface area is 138 Å². The second-order valence-electron chi connectivity index (χ2n) is 7.32. The van der Waals surface area contributed by atoms with E-state index in [0.29, 0.717) is 12.2 Å². The molecule has 0 aromatic rings. The smallest absolute Gasteiger partial charge is 0.334 e. The summed E-state index contributed by atoms with van der Waals surface area (Å²) in [7, 11) is -1.91. The first-order chi connectivity index (χ1) is 10.7. The zero-order valence-electron chi connectivity index (χ0n) is 14.9. The Bertz CT molecular complexity index is 303. The molecule has 3 unspecified atom stereocenters. The Hall–Kier alpha value is 0.0969. The van der Waals surface area contributed by atoms with Gasteiger partial charge in [-0.25, -0.2) is 0 Å². The van der Waals surface area contributed by atoms with Gasteiger partial charge < -0.3 is 13.6 Å². The van der Waals surface area contributed by atoms with Crippen LogP contribution in [0.5, 0.6) is 0 Å². The average molecular weight is 329 g/mol. The third-order valence-electron chi connectivity index (χ3n) is 5.08. The lowest BCUT2D eigenvalue weighted by atomic mass is 9.86. The molecule has 1 heterocycles. The van der Waals surface area contributed by atoms with Crippen molar-refractivity contribution in [2.45, 2.75) is 96.4 Å². The lowest BCUT2D eigenvalue weighted by molar-refractivity contribution is 0.172. The van der Waals surface area contributed by atoms with Crippen LogP contribution in [0.4, 0.5) is 0 Å². The molecule has 3 nitrogen and oxygen atoms in total. The highest BCUT2D eigenvalue weighted by atomic mass is 28.4. The van der Waals surface area contributed by atoms with Gasteiger partial charge in [0.15, 0.2) is 0 Å². The summed E-state index contributed by atoms with van der Waals surface area (Å²) < 4.78 is 17.8. The van der Waals surface area contributed by atoms with Gasteiger partial charge in [0.25, 0.3) is 0 Å². The predicted octanol–water partition coefficient (Wildman–Crippen LogP) is 5.04. The number of hydrogen-bond acceptors (Lipinski definition) is 3. The van der Waals surface area contributed by atoms with Crippen LogP contribution in [0.1, 0.15) is 71.6 Å². The minimum atomic E-state index is -1.91. The second kappa shape index (κ2) is 9.41. The Kier molecular flexibility index (Phi) is 7.88. The zero-order chi connectivity index (χ0) is 15.8. The number of epoxide rings is 1. The third kappa shape index (κ3) is 6.30. The number of ether oxygens (including phenoxy) is 1. The van der Waals surface area contributed by atoms with Crippen molar-refractivity contribution in [3.63, 3.8) is 0 Å². The average Bonchev–Trinajstić information content (AvgIpc) is 3.29. The van der Waals surface area contributed by atoms with Crippen LogP contribution in [-0.2, 0) is 13.6 Å². The summed E-state index contributed by atoms with van der Waals surface area (Å²) in [5.41, 5.74) is 0. The molecule has 0 amide bonds. The highest BCUT2D eigenvalue weighted by Gasteiger charge is 2.43. The SMILES string of the molecule is CCCO[Si](C)(CCCCCC1CCC2OC2C1)OCCC. The maximum absolute atomic E-state index is 6.10. The highest BCUT2D eigenvalue weighted by Crippen LogP contribution is 2.41. The molecule has 1 aliphatic carbocycles. The van der Waals surface area contributed by atoms with Gasteiger partial charge >= 0.3 is 8.56 Å². The van der Waals surface area contributed by atoms with Gasteiger partial charge in [-0.05, 0) is 50.6 Å². The third-order valence-corrected chi connectivity index (χ3v) is 7.97. The van der Waals surface area contributed by atoms with Crippen molar-refractivity contribution in [1.82, 2.24) is 0 Å². The summed E-state index contributed by atoms with van der Waals surface area (Å²) in [6, 6.07) is 1.16. The second-order valence-corrected chi connectivity index (χ2v) is 10.7. The molecule has 0 aromatic heterocycles. The molecule has 0 N–H and O–H groups in total. The van der Waals surface area contributed by atoms with Gasteiger partial charge in [0, 0.05) is 13.2 Å². The molecule has 3 atom stereocenters. The van der Waals surface area contributed by atoms with Crippen molar-refractivity contribution in [2.24, 2.45) is 5.92 Å². The number of hydrogen-bond donors (Lipinski definition) is 0. The predicted molar refractivity (Wildman–Crippen MR) is 93.4 cm³/mol. The first-order valence-electron chi connectivity index (χ1n) is 9.60. The Balaban J connectivity index is 1.55. The van der Waals surface area contributed by atoms with Crippen LogP contribution in [0, 0.1) is 5.92 Å². The summed E-state index contributed by atoms with van der Waals surface area (Å²) in [6.45, 7) is 8.32.